The SMILES string of the molecule is COC(=O)c1nn(C)c(C)c1NC(=O)c1ccc(Cl)cc1Cl. The Balaban J connectivity index is 2.38. The van der Waals surface area contributed by atoms with Crippen LogP contribution >= 0.6 is 23.2 Å². The molecule has 0 aliphatic rings. The summed E-state index contributed by atoms with van der Waals surface area (Å²) in [7, 11) is 2.90. The van der Waals surface area contributed by atoms with Gasteiger partial charge in [-0.05, 0) is 25.1 Å². The molecule has 0 bridgehead atoms. The second kappa shape index (κ2) is 6.37. The molecule has 1 N–H and O–H groups in total. The van der Waals surface area contributed by atoms with Crippen molar-refractivity contribution in [2.45, 2.75) is 6.92 Å². The normalized spacial score (nSPS) is 10.4. The second-order valence-electron chi connectivity index (χ2n) is 4.50. The van der Waals surface area contributed by atoms with E-state index in [1.165, 1.54) is 23.9 Å². The lowest BCUT2D eigenvalue weighted by Crippen LogP contribution is -2.15. The maximum Gasteiger partial charge on any atom is 0.360 e. The Morgan fingerprint density at radius 2 is 2.00 bits per heavy atom. The van der Waals surface area contributed by atoms with Crippen LogP contribution in [0.1, 0.15) is 26.5 Å². The largest absolute Gasteiger partial charge is 0.464 e. The monoisotopic (exact) mass is 341 g/mol. The number of halogens is 2. The zero-order chi connectivity index (χ0) is 16.4. The Morgan fingerprint density at radius 3 is 2.59 bits per heavy atom. The van der Waals surface area contributed by atoms with Crippen molar-refractivity contribution < 1.29 is 14.3 Å². The number of aromatic nitrogens is 2. The Hall–Kier alpha value is -2.05. The summed E-state index contributed by atoms with van der Waals surface area (Å²) in [5, 5.41) is 7.32. The predicted molar refractivity (Wildman–Crippen MR) is 83.7 cm³/mol. The minimum absolute atomic E-state index is 0.0286. The van der Waals surface area contributed by atoms with Crippen LogP contribution in [0.3, 0.4) is 0 Å². The number of rotatable bonds is 3. The topological polar surface area (TPSA) is 73.2 Å². The Morgan fingerprint density at radius 1 is 1.32 bits per heavy atom. The van der Waals surface area contributed by atoms with Crippen molar-refractivity contribution in [3.8, 4) is 0 Å². The average molecular weight is 342 g/mol. The number of hydrogen-bond acceptors (Lipinski definition) is 4. The van der Waals surface area contributed by atoms with Gasteiger partial charge in [-0.25, -0.2) is 4.79 Å². The number of amides is 1. The lowest BCUT2D eigenvalue weighted by molar-refractivity contribution is 0.0594. The summed E-state index contributed by atoms with van der Waals surface area (Å²) in [4.78, 5) is 24.1. The highest BCUT2D eigenvalue weighted by Gasteiger charge is 2.23. The number of ether oxygens (including phenoxy) is 1. The first-order valence-electron chi connectivity index (χ1n) is 6.23. The minimum atomic E-state index is -0.638. The van der Waals surface area contributed by atoms with E-state index >= 15 is 0 Å². The summed E-state index contributed by atoms with van der Waals surface area (Å²) < 4.78 is 6.14. The fourth-order valence-corrected chi connectivity index (χ4v) is 2.35. The molecule has 22 heavy (non-hydrogen) atoms. The van der Waals surface area contributed by atoms with Crippen molar-refractivity contribution in [2.75, 3.05) is 12.4 Å². The number of nitrogens with zero attached hydrogens (tertiary/aromatic N) is 2. The Kier molecular flexibility index (Phi) is 4.73. The molecular weight excluding hydrogens is 329 g/mol. The molecule has 2 aromatic rings. The van der Waals surface area contributed by atoms with Gasteiger partial charge in [-0.1, -0.05) is 23.2 Å². The van der Waals surface area contributed by atoms with Crippen molar-refractivity contribution in [2.24, 2.45) is 7.05 Å². The highest BCUT2D eigenvalue weighted by atomic mass is 35.5. The van der Waals surface area contributed by atoms with Crippen LogP contribution in [0.5, 0.6) is 0 Å². The van der Waals surface area contributed by atoms with Gasteiger partial charge >= 0.3 is 5.97 Å². The van der Waals surface area contributed by atoms with E-state index in [0.29, 0.717) is 10.7 Å². The van der Waals surface area contributed by atoms with Gasteiger partial charge in [0.05, 0.1) is 29.1 Å². The van der Waals surface area contributed by atoms with Crippen LogP contribution in [0.15, 0.2) is 18.2 Å². The molecule has 116 valence electrons. The van der Waals surface area contributed by atoms with Gasteiger partial charge in [0.2, 0.25) is 0 Å². The molecule has 0 unspecified atom stereocenters. The lowest BCUT2D eigenvalue weighted by Gasteiger charge is -2.08. The van der Waals surface area contributed by atoms with Crippen LogP contribution < -0.4 is 5.32 Å². The first kappa shape index (κ1) is 16.3. The summed E-state index contributed by atoms with van der Waals surface area (Å²) in [5.41, 5.74) is 1.16. The fourth-order valence-electron chi connectivity index (χ4n) is 1.85. The summed E-state index contributed by atoms with van der Waals surface area (Å²) in [6.45, 7) is 1.72. The van der Waals surface area contributed by atoms with E-state index in [9.17, 15) is 9.59 Å². The molecule has 0 aliphatic carbocycles. The van der Waals surface area contributed by atoms with Gasteiger partial charge in [-0.3, -0.25) is 9.48 Å². The van der Waals surface area contributed by atoms with E-state index in [4.69, 9.17) is 23.2 Å². The zero-order valence-electron chi connectivity index (χ0n) is 12.1. The van der Waals surface area contributed by atoms with Gasteiger partial charge in [-0.2, -0.15) is 5.10 Å². The first-order chi connectivity index (χ1) is 10.3. The third-order valence-corrected chi connectivity index (χ3v) is 3.67. The summed E-state index contributed by atoms with van der Waals surface area (Å²) in [6.07, 6.45) is 0. The van der Waals surface area contributed by atoms with Crippen molar-refractivity contribution in [3.05, 3.63) is 45.2 Å². The molecule has 1 amide bonds. The molecule has 1 aromatic carbocycles. The molecule has 0 atom stereocenters. The second-order valence-corrected chi connectivity index (χ2v) is 5.35. The van der Waals surface area contributed by atoms with Gasteiger partial charge < -0.3 is 10.1 Å². The third kappa shape index (κ3) is 3.08. The van der Waals surface area contributed by atoms with E-state index in [0.717, 1.165) is 0 Å². The fraction of sp³-hybridized carbons (Fsp3) is 0.214. The molecule has 8 heteroatoms. The number of aryl methyl sites for hydroxylation is 1. The molecular formula is C14H13Cl2N3O3. The van der Waals surface area contributed by atoms with Crippen LogP contribution in [0.4, 0.5) is 5.69 Å². The molecule has 0 saturated carbocycles. The van der Waals surface area contributed by atoms with E-state index in [1.54, 1.807) is 20.0 Å². The number of carbonyl (C=O) groups excluding carboxylic acids is 2. The molecule has 0 fully saturated rings. The van der Waals surface area contributed by atoms with Gasteiger partial charge in [0.25, 0.3) is 5.91 Å². The van der Waals surface area contributed by atoms with Crippen molar-refractivity contribution in [1.29, 1.82) is 0 Å². The van der Waals surface area contributed by atoms with E-state index in [-0.39, 0.29) is 22.0 Å². The summed E-state index contributed by atoms with van der Waals surface area (Å²) >= 11 is 11.8. The Bertz CT molecular complexity index is 756. The van der Waals surface area contributed by atoms with Crippen molar-refractivity contribution in [3.63, 3.8) is 0 Å². The highest BCUT2D eigenvalue weighted by Crippen LogP contribution is 2.25. The predicted octanol–water partition coefficient (Wildman–Crippen LogP) is 3.07. The van der Waals surface area contributed by atoms with Gasteiger partial charge in [0.15, 0.2) is 5.69 Å². The standard InChI is InChI=1S/C14H13Cl2N3O3/c1-7-11(12(14(21)22-3)18-19(7)2)17-13(20)9-5-4-8(15)6-10(9)16/h4-6H,1-3H3,(H,17,20). The average Bonchev–Trinajstić information content (AvgIpc) is 2.74. The molecule has 1 heterocycles. The van der Waals surface area contributed by atoms with Crippen molar-refractivity contribution >= 4 is 40.8 Å². The van der Waals surface area contributed by atoms with Gasteiger partial charge in [0, 0.05) is 12.1 Å². The number of esters is 1. The van der Waals surface area contributed by atoms with E-state index in [2.05, 4.69) is 15.2 Å². The lowest BCUT2D eigenvalue weighted by atomic mass is 10.2. The van der Waals surface area contributed by atoms with E-state index < -0.39 is 11.9 Å². The number of nitrogens with one attached hydrogen (secondary N) is 1. The number of carbonyl (C=O) groups is 2. The summed E-state index contributed by atoms with van der Waals surface area (Å²) in [5.74, 6) is -1.11. The van der Waals surface area contributed by atoms with Crippen LogP contribution in [-0.2, 0) is 11.8 Å². The first-order valence-corrected chi connectivity index (χ1v) is 6.99. The maximum atomic E-state index is 12.3. The van der Waals surface area contributed by atoms with Gasteiger partial charge in [0.1, 0.15) is 0 Å². The quantitative estimate of drug-likeness (QED) is 0.870. The van der Waals surface area contributed by atoms with Crippen molar-refractivity contribution in [1.82, 2.24) is 9.78 Å². The molecule has 0 aliphatic heterocycles. The van der Waals surface area contributed by atoms with E-state index in [1.807, 2.05) is 0 Å². The molecule has 2 rings (SSSR count). The molecule has 0 radical (unpaired) electrons. The third-order valence-electron chi connectivity index (χ3n) is 3.13. The number of anilines is 1. The molecule has 6 nitrogen and oxygen atoms in total. The smallest absolute Gasteiger partial charge is 0.360 e. The molecule has 0 spiro atoms. The number of hydrogen-bond donors (Lipinski definition) is 1. The minimum Gasteiger partial charge on any atom is -0.464 e. The Labute approximate surface area is 137 Å². The summed E-state index contributed by atoms with van der Waals surface area (Å²) in [6, 6.07) is 4.53. The van der Waals surface area contributed by atoms with Crippen LogP contribution in [0, 0.1) is 6.92 Å². The molecule has 0 saturated heterocycles. The van der Waals surface area contributed by atoms with Crippen LogP contribution in [0.25, 0.3) is 0 Å². The number of benzene rings is 1. The zero-order valence-corrected chi connectivity index (χ0v) is 13.6. The van der Waals surface area contributed by atoms with Gasteiger partial charge in [-0.15, -0.1) is 0 Å². The number of methoxy groups -OCH3 is 1. The molecule has 1 aromatic heterocycles. The van der Waals surface area contributed by atoms with Crippen LogP contribution in [-0.4, -0.2) is 28.8 Å². The maximum absolute atomic E-state index is 12.3. The van der Waals surface area contributed by atoms with Crippen LogP contribution in [0.2, 0.25) is 10.0 Å². The highest BCUT2D eigenvalue weighted by molar-refractivity contribution is 6.37.